The fourth-order valence-corrected chi connectivity index (χ4v) is 3.30. The molecule has 3 nitrogen and oxygen atoms in total. The molecule has 0 aliphatic carbocycles. The van der Waals surface area contributed by atoms with Crippen LogP contribution in [-0.2, 0) is 6.54 Å². The molecule has 1 aromatic carbocycles. The molecular formula is C17H24ClN3. The van der Waals surface area contributed by atoms with Gasteiger partial charge in [0.1, 0.15) is 0 Å². The van der Waals surface area contributed by atoms with E-state index in [0.717, 1.165) is 30.9 Å². The predicted octanol–water partition coefficient (Wildman–Crippen LogP) is 3.22. The number of hydrogen-bond donors (Lipinski definition) is 1. The van der Waals surface area contributed by atoms with Crippen molar-refractivity contribution >= 4 is 23.3 Å². The Bertz CT molecular complexity index is 565. The molecule has 0 radical (unpaired) electrons. The van der Waals surface area contributed by atoms with Crippen molar-refractivity contribution < 1.29 is 0 Å². The Kier molecular flexibility index (Phi) is 5.97. The molecule has 4 heteroatoms. The number of nitrogens with two attached hydrogens (primary N) is 1. The lowest BCUT2D eigenvalue weighted by Crippen LogP contribution is -2.35. The summed E-state index contributed by atoms with van der Waals surface area (Å²) in [7, 11) is 0. The highest BCUT2D eigenvalue weighted by atomic mass is 35.5. The fraction of sp³-hybridized carbons (Fsp3) is 0.471. The van der Waals surface area contributed by atoms with Gasteiger partial charge in [0.25, 0.3) is 0 Å². The zero-order chi connectivity index (χ0) is 13.8. The second kappa shape index (κ2) is 7.74. The molecule has 0 amide bonds. The number of nitrogens with zero attached hydrogens (tertiary/aromatic N) is 2. The Balaban J connectivity index is 0.00000161. The smallest absolute Gasteiger partial charge is 0.0746 e. The maximum absolute atomic E-state index is 5.70. The van der Waals surface area contributed by atoms with Gasteiger partial charge in [-0.15, -0.1) is 12.4 Å². The molecule has 21 heavy (non-hydrogen) atoms. The number of para-hydroxylation sites is 1. The first-order valence-electron chi connectivity index (χ1n) is 7.62. The molecule has 1 atom stereocenters. The minimum atomic E-state index is 0. The van der Waals surface area contributed by atoms with Crippen molar-refractivity contribution in [3.63, 3.8) is 0 Å². The number of aromatic nitrogens is 1. The van der Waals surface area contributed by atoms with E-state index in [-0.39, 0.29) is 12.4 Å². The van der Waals surface area contributed by atoms with Crippen LogP contribution in [-0.4, -0.2) is 29.5 Å². The molecule has 0 saturated carbocycles. The highest BCUT2D eigenvalue weighted by Gasteiger charge is 2.19. The van der Waals surface area contributed by atoms with E-state index in [4.69, 9.17) is 5.73 Å². The van der Waals surface area contributed by atoms with Crippen LogP contribution in [0.4, 0.5) is 0 Å². The fourth-order valence-electron chi connectivity index (χ4n) is 3.30. The Morgan fingerprint density at radius 3 is 2.95 bits per heavy atom. The van der Waals surface area contributed by atoms with Crippen LogP contribution in [0.3, 0.4) is 0 Å². The standard InChI is InChI=1S/C17H23N3.ClH/c18-9-8-14-4-3-11-20(12-14)13-16-6-1-5-15-7-2-10-19-17(15)16;/h1-2,5-7,10,14H,3-4,8-9,11-13,18H2;1H. The Morgan fingerprint density at radius 1 is 1.24 bits per heavy atom. The van der Waals surface area contributed by atoms with Gasteiger partial charge >= 0.3 is 0 Å². The summed E-state index contributed by atoms with van der Waals surface area (Å²) in [5.74, 6) is 0.775. The number of pyridine rings is 1. The van der Waals surface area contributed by atoms with E-state index < -0.39 is 0 Å². The van der Waals surface area contributed by atoms with E-state index in [1.165, 1.54) is 36.9 Å². The molecule has 0 bridgehead atoms. The molecule has 1 aliphatic heterocycles. The van der Waals surface area contributed by atoms with Gasteiger partial charge in [-0.25, -0.2) is 0 Å². The van der Waals surface area contributed by atoms with Gasteiger partial charge in [0, 0.05) is 24.7 Å². The van der Waals surface area contributed by atoms with Crippen molar-refractivity contribution in [3.05, 3.63) is 42.1 Å². The van der Waals surface area contributed by atoms with Gasteiger partial charge in [0.05, 0.1) is 5.52 Å². The van der Waals surface area contributed by atoms with E-state index in [0.29, 0.717) is 0 Å². The Labute approximate surface area is 132 Å². The topological polar surface area (TPSA) is 42.1 Å². The van der Waals surface area contributed by atoms with Crippen molar-refractivity contribution in [2.45, 2.75) is 25.8 Å². The maximum atomic E-state index is 5.70. The maximum Gasteiger partial charge on any atom is 0.0746 e. The van der Waals surface area contributed by atoms with E-state index in [2.05, 4.69) is 34.1 Å². The first-order valence-corrected chi connectivity index (χ1v) is 7.62. The molecule has 2 heterocycles. The second-order valence-corrected chi connectivity index (χ2v) is 5.81. The van der Waals surface area contributed by atoms with Crippen LogP contribution in [0.15, 0.2) is 36.5 Å². The van der Waals surface area contributed by atoms with Crippen LogP contribution in [0.1, 0.15) is 24.8 Å². The Hall–Kier alpha value is -1.16. The average Bonchev–Trinajstić information content (AvgIpc) is 2.48. The number of rotatable bonds is 4. The number of likely N-dealkylation sites (tertiary alicyclic amines) is 1. The highest BCUT2D eigenvalue weighted by molar-refractivity contribution is 5.85. The van der Waals surface area contributed by atoms with Gasteiger partial charge in [0.15, 0.2) is 0 Å². The molecule has 3 rings (SSSR count). The summed E-state index contributed by atoms with van der Waals surface area (Å²) in [4.78, 5) is 7.12. The summed E-state index contributed by atoms with van der Waals surface area (Å²) in [6.45, 7) is 4.20. The molecule has 1 saturated heterocycles. The molecule has 0 spiro atoms. The van der Waals surface area contributed by atoms with E-state index in [1.807, 2.05) is 12.3 Å². The predicted molar refractivity (Wildman–Crippen MR) is 90.7 cm³/mol. The lowest BCUT2D eigenvalue weighted by atomic mass is 9.94. The third kappa shape index (κ3) is 3.94. The Morgan fingerprint density at radius 2 is 2.10 bits per heavy atom. The summed E-state index contributed by atoms with van der Waals surface area (Å²) in [5.41, 5.74) is 8.20. The molecule has 1 fully saturated rings. The molecule has 2 aromatic rings. The lowest BCUT2D eigenvalue weighted by molar-refractivity contribution is 0.163. The van der Waals surface area contributed by atoms with Gasteiger partial charge in [-0.2, -0.15) is 0 Å². The normalized spacial score (nSPS) is 19.4. The van der Waals surface area contributed by atoms with Crippen LogP contribution in [0.5, 0.6) is 0 Å². The van der Waals surface area contributed by atoms with E-state index in [9.17, 15) is 0 Å². The minimum absolute atomic E-state index is 0. The molecule has 1 aromatic heterocycles. The third-order valence-electron chi connectivity index (χ3n) is 4.29. The minimum Gasteiger partial charge on any atom is -0.330 e. The molecule has 2 N–H and O–H groups in total. The third-order valence-corrected chi connectivity index (χ3v) is 4.29. The quantitative estimate of drug-likeness (QED) is 0.943. The summed E-state index contributed by atoms with van der Waals surface area (Å²) in [6, 6.07) is 10.6. The van der Waals surface area contributed by atoms with Gasteiger partial charge < -0.3 is 5.73 Å². The first-order chi connectivity index (χ1) is 9.86. The van der Waals surface area contributed by atoms with E-state index >= 15 is 0 Å². The van der Waals surface area contributed by atoms with Gasteiger partial charge in [-0.05, 0) is 49.9 Å². The average molecular weight is 306 g/mol. The first kappa shape index (κ1) is 16.2. The summed E-state index contributed by atoms with van der Waals surface area (Å²) in [6.07, 6.45) is 5.67. The van der Waals surface area contributed by atoms with E-state index in [1.54, 1.807) is 0 Å². The molecule has 114 valence electrons. The zero-order valence-electron chi connectivity index (χ0n) is 12.4. The number of benzene rings is 1. The van der Waals surface area contributed by atoms with Gasteiger partial charge in [0.2, 0.25) is 0 Å². The van der Waals surface area contributed by atoms with Crippen molar-refractivity contribution in [2.24, 2.45) is 11.7 Å². The zero-order valence-corrected chi connectivity index (χ0v) is 13.2. The molecule has 1 unspecified atom stereocenters. The van der Waals surface area contributed by atoms with Crippen LogP contribution in [0, 0.1) is 5.92 Å². The van der Waals surface area contributed by atoms with Crippen molar-refractivity contribution in [1.29, 1.82) is 0 Å². The van der Waals surface area contributed by atoms with Crippen molar-refractivity contribution in [2.75, 3.05) is 19.6 Å². The number of halogens is 1. The van der Waals surface area contributed by atoms with Gasteiger partial charge in [-0.1, -0.05) is 24.3 Å². The molecular weight excluding hydrogens is 282 g/mol. The number of hydrogen-bond acceptors (Lipinski definition) is 3. The largest absolute Gasteiger partial charge is 0.330 e. The van der Waals surface area contributed by atoms with Crippen molar-refractivity contribution in [3.8, 4) is 0 Å². The SMILES string of the molecule is Cl.NCCC1CCCN(Cc2cccc3cccnc23)C1. The van der Waals surface area contributed by atoms with Crippen LogP contribution in [0.2, 0.25) is 0 Å². The van der Waals surface area contributed by atoms with Crippen molar-refractivity contribution in [1.82, 2.24) is 9.88 Å². The lowest BCUT2D eigenvalue weighted by Gasteiger charge is -2.32. The summed E-state index contributed by atoms with van der Waals surface area (Å²) < 4.78 is 0. The van der Waals surface area contributed by atoms with Crippen LogP contribution >= 0.6 is 12.4 Å². The molecule has 1 aliphatic rings. The summed E-state index contributed by atoms with van der Waals surface area (Å²) >= 11 is 0. The monoisotopic (exact) mass is 305 g/mol. The summed E-state index contributed by atoms with van der Waals surface area (Å²) in [5, 5.41) is 1.24. The second-order valence-electron chi connectivity index (χ2n) is 5.81. The highest BCUT2D eigenvalue weighted by Crippen LogP contribution is 2.23. The number of piperidine rings is 1. The number of fused-ring (bicyclic) bond motifs is 1. The van der Waals surface area contributed by atoms with Crippen LogP contribution in [0.25, 0.3) is 10.9 Å². The van der Waals surface area contributed by atoms with Crippen LogP contribution < -0.4 is 5.73 Å². The van der Waals surface area contributed by atoms with Gasteiger partial charge in [-0.3, -0.25) is 9.88 Å².